The van der Waals surface area contributed by atoms with E-state index in [0.717, 1.165) is 10.5 Å². The minimum atomic E-state index is -0.346. The maximum Gasteiger partial charge on any atom is 0.266 e. The number of hydrogen-bond donors (Lipinski definition) is 0. The summed E-state index contributed by atoms with van der Waals surface area (Å²) in [6.07, 6.45) is 5.63. The van der Waals surface area contributed by atoms with Gasteiger partial charge in [0, 0.05) is 16.7 Å². The number of terminal acetylenes is 1. The van der Waals surface area contributed by atoms with Gasteiger partial charge in [-0.05, 0) is 42.5 Å². The fraction of sp³-hybridized carbons (Fsp3) is 0. The number of carbonyl (C=O) groups is 2. The van der Waals surface area contributed by atoms with Crippen LogP contribution >= 0.6 is 0 Å². The maximum absolute atomic E-state index is 12.6. The fourth-order valence-corrected chi connectivity index (χ4v) is 2.98. The largest absolute Gasteiger partial charge is 0.268 e. The fourth-order valence-electron chi connectivity index (χ4n) is 2.98. The topological polar surface area (TPSA) is 37.4 Å². The zero-order valence-corrected chi connectivity index (χ0v) is 14.3. The van der Waals surface area contributed by atoms with Crippen molar-refractivity contribution in [2.45, 2.75) is 0 Å². The van der Waals surface area contributed by atoms with Crippen molar-refractivity contribution in [2.75, 3.05) is 4.90 Å². The van der Waals surface area contributed by atoms with Gasteiger partial charge >= 0.3 is 0 Å². The van der Waals surface area contributed by atoms with E-state index in [1.165, 1.54) is 0 Å². The van der Waals surface area contributed by atoms with E-state index in [-0.39, 0.29) is 11.8 Å². The van der Waals surface area contributed by atoms with Gasteiger partial charge in [-0.25, -0.2) is 4.90 Å². The molecule has 0 saturated carbocycles. The number of fused-ring (bicyclic) bond motifs is 1. The summed E-state index contributed by atoms with van der Waals surface area (Å²) in [5.41, 5.74) is 3.33. The van der Waals surface area contributed by atoms with Crippen LogP contribution in [0.15, 0.2) is 72.8 Å². The highest BCUT2D eigenvalue weighted by Crippen LogP contribution is 2.29. The van der Waals surface area contributed by atoms with E-state index in [1.54, 1.807) is 42.5 Å². The number of imide groups is 1. The Morgan fingerprint density at radius 3 is 1.96 bits per heavy atom. The van der Waals surface area contributed by atoms with Crippen molar-refractivity contribution in [3.05, 3.63) is 101 Å². The Bertz CT molecular complexity index is 1140. The first-order valence-electron chi connectivity index (χ1n) is 8.34. The molecule has 0 radical (unpaired) electrons. The minimum absolute atomic E-state index is 0.346. The summed E-state index contributed by atoms with van der Waals surface area (Å²) >= 11 is 0. The predicted octanol–water partition coefficient (Wildman–Crippen LogP) is 3.87. The summed E-state index contributed by atoms with van der Waals surface area (Å²) in [6, 6.07) is 21.4. The van der Waals surface area contributed by atoms with Crippen LogP contribution in [0.5, 0.6) is 0 Å². The zero-order chi connectivity index (χ0) is 18.8. The van der Waals surface area contributed by atoms with Crippen molar-refractivity contribution in [1.29, 1.82) is 0 Å². The van der Waals surface area contributed by atoms with Gasteiger partial charge in [-0.15, -0.1) is 6.42 Å². The Morgan fingerprint density at radius 1 is 0.704 bits per heavy atom. The van der Waals surface area contributed by atoms with E-state index in [1.807, 2.05) is 30.3 Å². The van der Waals surface area contributed by atoms with Crippen molar-refractivity contribution < 1.29 is 9.59 Å². The first-order valence-corrected chi connectivity index (χ1v) is 8.34. The molecule has 0 aromatic heterocycles. The third-order valence-electron chi connectivity index (χ3n) is 4.33. The van der Waals surface area contributed by atoms with Gasteiger partial charge in [0.15, 0.2) is 0 Å². The van der Waals surface area contributed by atoms with Crippen LogP contribution in [0.4, 0.5) is 5.69 Å². The van der Waals surface area contributed by atoms with Crippen molar-refractivity contribution in [1.82, 2.24) is 0 Å². The van der Waals surface area contributed by atoms with Gasteiger partial charge in [-0.3, -0.25) is 9.59 Å². The Labute approximate surface area is 157 Å². The second-order valence-corrected chi connectivity index (χ2v) is 5.98. The van der Waals surface area contributed by atoms with Gasteiger partial charge < -0.3 is 0 Å². The van der Waals surface area contributed by atoms with E-state index >= 15 is 0 Å². The van der Waals surface area contributed by atoms with Crippen LogP contribution in [0.3, 0.4) is 0 Å². The van der Waals surface area contributed by atoms with Gasteiger partial charge in [0.05, 0.1) is 16.8 Å². The Balaban J connectivity index is 1.71. The molecule has 3 aromatic carbocycles. The van der Waals surface area contributed by atoms with Crippen LogP contribution in [0.1, 0.15) is 37.4 Å². The summed E-state index contributed by atoms with van der Waals surface area (Å²) in [5, 5.41) is 0. The molecule has 2 amide bonds. The quantitative estimate of drug-likeness (QED) is 0.495. The summed E-state index contributed by atoms with van der Waals surface area (Å²) in [5.74, 6) is 8.02. The second kappa shape index (κ2) is 6.67. The van der Waals surface area contributed by atoms with Crippen molar-refractivity contribution >= 4 is 17.5 Å². The van der Waals surface area contributed by atoms with Crippen LogP contribution < -0.4 is 4.90 Å². The molecule has 27 heavy (non-hydrogen) atoms. The number of nitrogens with zero attached hydrogens (tertiary/aromatic N) is 1. The molecular weight excluding hydrogens is 334 g/mol. The monoisotopic (exact) mass is 347 g/mol. The number of amides is 2. The van der Waals surface area contributed by atoms with Crippen LogP contribution in [0.2, 0.25) is 0 Å². The Kier molecular flexibility index (Phi) is 4.05. The molecule has 0 aliphatic carbocycles. The van der Waals surface area contributed by atoms with Crippen LogP contribution in [-0.2, 0) is 0 Å². The average molecular weight is 347 g/mol. The van der Waals surface area contributed by atoms with Crippen LogP contribution in [0.25, 0.3) is 0 Å². The highest BCUT2D eigenvalue weighted by Gasteiger charge is 2.36. The third kappa shape index (κ3) is 2.88. The standard InChI is InChI=1S/C24H13NO2/c1-2-18-16-20(15-14-19(18)13-12-17-8-4-3-5-9-17)25-23(26)21-10-6-7-11-22(21)24(25)27/h1,3-11,14-16H. The van der Waals surface area contributed by atoms with Crippen LogP contribution in [-0.4, -0.2) is 11.8 Å². The summed E-state index contributed by atoms with van der Waals surface area (Å²) < 4.78 is 0. The van der Waals surface area contributed by atoms with Crippen LogP contribution in [0, 0.1) is 24.2 Å². The van der Waals surface area contributed by atoms with E-state index in [2.05, 4.69) is 17.8 Å². The highest BCUT2D eigenvalue weighted by molar-refractivity contribution is 6.34. The number of anilines is 1. The second-order valence-electron chi connectivity index (χ2n) is 5.98. The Hall–Kier alpha value is -4.08. The van der Waals surface area contributed by atoms with E-state index in [9.17, 15) is 9.59 Å². The Morgan fingerprint density at radius 2 is 1.33 bits per heavy atom. The van der Waals surface area contributed by atoms with E-state index in [0.29, 0.717) is 27.9 Å². The lowest BCUT2D eigenvalue weighted by Gasteiger charge is -2.14. The normalized spacial score (nSPS) is 12.2. The molecule has 0 fully saturated rings. The van der Waals surface area contributed by atoms with Gasteiger partial charge in [-0.2, -0.15) is 0 Å². The van der Waals surface area contributed by atoms with Gasteiger partial charge in [0.1, 0.15) is 0 Å². The van der Waals surface area contributed by atoms with Crippen molar-refractivity contribution in [3.8, 4) is 24.2 Å². The molecular formula is C24H13NO2. The lowest BCUT2D eigenvalue weighted by molar-refractivity contribution is 0.0926. The lowest BCUT2D eigenvalue weighted by atomic mass is 10.1. The predicted molar refractivity (Wildman–Crippen MR) is 104 cm³/mol. The highest BCUT2D eigenvalue weighted by atomic mass is 16.2. The number of benzene rings is 3. The first kappa shape index (κ1) is 16.4. The van der Waals surface area contributed by atoms with Gasteiger partial charge in [0.25, 0.3) is 11.8 Å². The summed E-state index contributed by atoms with van der Waals surface area (Å²) in [4.78, 5) is 26.4. The molecule has 0 atom stereocenters. The molecule has 3 aromatic rings. The molecule has 3 heteroatoms. The number of hydrogen-bond acceptors (Lipinski definition) is 2. The SMILES string of the molecule is C#Cc1cc(N2C(=O)c3ccccc3C2=O)ccc1C#Cc1ccccc1. The van der Waals surface area contributed by atoms with Crippen molar-refractivity contribution in [3.63, 3.8) is 0 Å². The smallest absolute Gasteiger partial charge is 0.266 e. The molecule has 1 aliphatic rings. The number of carbonyl (C=O) groups excluding carboxylic acids is 2. The summed E-state index contributed by atoms with van der Waals surface area (Å²) in [6.45, 7) is 0. The summed E-state index contributed by atoms with van der Waals surface area (Å²) in [7, 11) is 0. The molecule has 4 rings (SSSR count). The molecule has 0 saturated heterocycles. The minimum Gasteiger partial charge on any atom is -0.268 e. The molecule has 1 aliphatic heterocycles. The lowest BCUT2D eigenvalue weighted by Crippen LogP contribution is -2.29. The van der Waals surface area contributed by atoms with Gasteiger partial charge in [0.2, 0.25) is 0 Å². The van der Waals surface area contributed by atoms with Crippen molar-refractivity contribution in [2.24, 2.45) is 0 Å². The number of rotatable bonds is 1. The van der Waals surface area contributed by atoms with E-state index in [4.69, 9.17) is 6.42 Å². The third-order valence-corrected chi connectivity index (χ3v) is 4.33. The molecule has 0 spiro atoms. The molecule has 0 N–H and O–H groups in total. The maximum atomic E-state index is 12.6. The molecule has 1 heterocycles. The molecule has 3 nitrogen and oxygen atoms in total. The molecule has 0 bridgehead atoms. The average Bonchev–Trinajstić information content (AvgIpc) is 2.98. The molecule has 0 unspecified atom stereocenters. The van der Waals surface area contributed by atoms with E-state index < -0.39 is 0 Å². The van der Waals surface area contributed by atoms with Gasteiger partial charge in [-0.1, -0.05) is 48.1 Å². The zero-order valence-electron chi connectivity index (χ0n) is 14.3. The molecule has 126 valence electrons. The first-order chi connectivity index (χ1) is 13.2.